The van der Waals surface area contributed by atoms with Gasteiger partial charge in [0.25, 0.3) is 0 Å². The highest BCUT2D eigenvalue weighted by molar-refractivity contribution is 5.91. The van der Waals surface area contributed by atoms with Crippen molar-refractivity contribution in [2.24, 2.45) is 0 Å². The van der Waals surface area contributed by atoms with Gasteiger partial charge in [-0.1, -0.05) is 0 Å². The lowest BCUT2D eigenvalue weighted by molar-refractivity contribution is -0.150. The van der Waals surface area contributed by atoms with Crippen LogP contribution in [-0.4, -0.2) is 36.4 Å². The number of aromatic nitrogens is 2. The summed E-state index contributed by atoms with van der Waals surface area (Å²) < 4.78 is 36.4. The lowest BCUT2D eigenvalue weighted by atomic mass is 10.2. The second kappa shape index (κ2) is 7.16. The summed E-state index contributed by atoms with van der Waals surface area (Å²) in [7, 11) is 3.75. The zero-order valence-electron chi connectivity index (χ0n) is 13.1. The fraction of sp³-hybridized carbons (Fsp3) is 0.267. The number of rotatable bonds is 5. The molecule has 0 spiro atoms. The average Bonchev–Trinajstić information content (AvgIpc) is 2.47. The van der Waals surface area contributed by atoms with E-state index in [0.29, 0.717) is 11.5 Å². The van der Waals surface area contributed by atoms with Crippen molar-refractivity contribution in [1.82, 2.24) is 10.2 Å². The van der Waals surface area contributed by atoms with Crippen LogP contribution in [0.1, 0.15) is 6.42 Å². The number of halogens is 3. The van der Waals surface area contributed by atoms with Crippen LogP contribution < -0.4 is 15.5 Å². The highest BCUT2D eigenvalue weighted by atomic mass is 19.4. The first-order valence-corrected chi connectivity index (χ1v) is 6.97. The van der Waals surface area contributed by atoms with E-state index in [9.17, 15) is 18.0 Å². The van der Waals surface area contributed by atoms with Gasteiger partial charge >= 0.3 is 6.18 Å². The Labute approximate surface area is 136 Å². The average molecular weight is 339 g/mol. The first-order chi connectivity index (χ1) is 11.2. The van der Waals surface area contributed by atoms with Crippen LogP contribution in [0.25, 0.3) is 0 Å². The van der Waals surface area contributed by atoms with Gasteiger partial charge in [-0.15, -0.1) is 5.10 Å². The number of hydrogen-bond donors (Lipinski definition) is 2. The van der Waals surface area contributed by atoms with Crippen LogP contribution in [0.2, 0.25) is 0 Å². The van der Waals surface area contributed by atoms with Gasteiger partial charge in [-0.3, -0.25) is 4.79 Å². The molecule has 9 heteroatoms. The van der Waals surface area contributed by atoms with Crippen molar-refractivity contribution in [3.8, 4) is 0 Å². The van der Waals surface area contributed by atoms with Gasteiger partial charge in [0.05, 0.1) is 11.9 Å². The molecule has 1 amide bonds. The molecule has 0 aliphatic rings. The molecular formula is C15H16F3N5O. The maximum Gasteiger partial charge on any atom is 0.397 e. The van der Waals surface area contributed by atoms with Crippen molar-refractivity contribution in [3.63, 3.8) is 0 Å². The summed E-state index contributed by atoms with van der Waals surface area (Å²) in [4.78, 5) is 13.1. The third kappa shape index (κ3) is 5.41. The van der Waals surface area contributed by atoms with Gasteiger partial charge in [0.1, 0.15) is 6.42 Å². The van der Waals surface area contributed by atoms with E-state index in [0.717, 1.165) is 5.69 Å². The lowest BCUT2D eigenvalue weighted by Gasteiger charge is -2.13. The highest BCUT2D eigenvalue weighted by Crippen LogP contribution is 2.22. The van der Waals surface area contributed by atoms with Crippen LogP contribution in [-0.2, 0) is 4.79 Å². The van der Waals surface area contributed by atoms with Crippen LogP contribution in [0.3, 0.4) is 0 Å². The van der Waals surface area contributed by atoms with Gasteiger partial charge in [-0.05, 0) is 24.3 Å². The zero-order valence-corrected chi connectivity index (χ0v) is 13.1. The molecule has 6 nitrogen and oxygen atoms in total. The fourth-order valence-electron chi connectivity index (χ4n) is 1.83. The summed E-state index contributed by atoms with van der Waals surface area (Å²) in [5.41, 5.74) is 1.81. The molecule has 24 heavy (non-hydrogen) atoms. The Morgan fingerprint density at radius 2 is 1.79 bits per heavy atom. The number of amides is 1. The number of nitrogens with zero attached hydrogens (tertiary/aromatic N) is 3. The molecular weight excluding hydrogens is 323 g/mol. The molecule has 0 aliphatic heterocycles. The van der Waals surface area contributed by atoms with Crippen molar-refractivity contribution < 1.29 is 18.0 Å². The number of benzene rings is 1. The Bertz CT molecular complexity index is 701. The van der Waals surface area contributed by atoms with E-state index in [1.54, 1.807) is 24.4 Å². The molecule has 0 bridgehead atoms. The molecule has 0 atom stereocenters. The molecule has 2 N–H and O–H groups in total. The second-order valence-electron chi connectivity index (χ2n) is 5.24. The molecule has 0 unspecified atom stereocenters. The molecule has 0 saturated heterocycles. The number of alkyl halides is 3. The second-order valence-corrected chi connectivity index (χ2v) is 5.24. The Kier molecular flexibility index (Phi) is 5.22. The largest absolute Gasteiger partial charge is 0.397 e. The number of hydrogen-bond acceptors (Lipinski definition) is 5. The molecule has 2 aromatic rings. The maximum absolute atomic E-state index is 12.1. The SMILES string of the molecule is CN(C)c1cnnc(Nc2ccc(NC(=O)CC(F)(F)F)cc2)c1. The molecule has 0 saturated carbocycles. The van der Waals surface area contributed by atoms with E-state index >= 15 is 0 Å². The van der Waals surface area contributed by atoms with Gasteiger partial charge < -0.3 is 15.5 Å². The van der Waals surface area contributed by atoms with Crippen LogP contribution in [0, 0.1) is 0 Å². The van der Waals surface area contributed by atoms with E-state index in [1.165, 1.54) is 12.1 Å². The predicted molar refractivity (Wildman–Crippen MR) is 85.4 cm³/mol. The van der Waals surface area contributed by atoms with Crippen LogP contribution in [0.5, 0.6) is 0 Å². The van der Waals surface area contributed by atoms with Gasteiger partial charge in [0.2, 0.25) is 5.91 Å². The van der Waals surface area contributed by atoms with Crippen molar-refractivity contribution >= 4 is 28.8 Å². The van der Waals surface area contributed by atoms with Crippen molar-refractivity contribution in [3.05, 3.63) is 36.5 Å². The quantitative estimate of drug-likeness (QED) is 0.876. The zero-order chi connectivity index (χ0) is 17.7. The van der Waals surface area contributed by atoms with Gasteiger partial charge in [0, 0.05) is 31.5 Å². The first-order valence-electron chi connectivity index (χ1n) is 6.97. The van der Waals surface area contributed by atoms with Crippen molar-refractivity contribution in [1.29, 1.82) is 0 Å². The molecule has 0 aliphatic carbocycles. The molecule has 1 aromatic carbocycles. The molecule has 1 heterocycles. The van der Waals surface area contributed by atoms with Crippen LogP contribution in [0.4, 0.5) is 36.1 Å². The molecule has 128 valence electrons. The summed E-state index contributed by atoms with van der Waals surface area (Å²) in [6.45, 7) is 0. The Morgan fingerprint density at radius 3 is 2.38 bits per heavy atom. The molecule has 0 radical (unpaired) electrons. The minimum absolute atomic E-state index is 0.280. The first kappa shape index (κ1) is 17.5. The minimum Gasteiger partial charge on any atom is -0.376 e. The minimum atomic E-state index is -4.53. The number of carbonyl (C=O) groups excluding carboxylic acids is 1. The van der Waals surface area contributed by atoms with E-state index in [-0.39, 0.29) is 5.69 Å². The monoisotopic (exact) mass is 339 g/mol. The number of nitrogens with one attached hydrogen (secondary N) is 2. The van der Waals surface area contributed by atoms with Crippen LogP contribution in [0.15, 0.2) is 36.5 Å². The number of anilines is 4. The van der Waals surface area contributed by atoms with E-state index in [1.807, 2.05) is 19.0 Å². The van der Waals surface area contributed by atoms with Gasteiger partial charge in [-0.25, -0.2) is 0 Å². The summed E-state index contributed by atoms with van der Waals surface area (Å²) in [6.07, 6.45) is -4.42. The summed E-state index contributed by atoms with van der Waals surface area (Å²) in [6, 6.07) is 8.03. The highest BCUT2D eigenvalue weighted by Gasteiger charge is 2.31. The number of carbonyl (C=O) groups is 1. The van der Waals surface area contributed by atoms with Crippen LogP contribution >= 0.6 is 0 Å². The normalized spacial score (nSPS) is 11.0. The predicted octanol–water partition coefficient (Wildman–Crippen LogP) is 3.18. The van der Waals surface area contributed by atoms with E-state index in [4.69, 9.17) is 0 Å². The Hall–Kier alpha value is -2.84. The third-order valence-electron chi connectivity index (χ3n) is 2.96. The van der Waals surface area contributed by atoms with Gasteiger partial charge in [-0.2, -0.15) is 18.3 Å². The smallest absolute Gasteiger partial charge is 0.376 e. The Balaban J connectivity index is 1.99. The third-order valence-corrected chi connectivity index (χ3v) is 2.96. The lowest BCUT2D eigenvalue weighted by Crippen LogP contribution is -2.21. The van der Waals surface area contributed by atoms with Gasteiger partial charge in [0.15, 0.2) is 5.82 Å². The van der Waals surface area contributed by atoms with E-state index in [2.05, 4.69) is 20.8 Å². The fourth-order valence-corrected chi connectivity index (χ4v) is 1.83. The van der Waals surface area contributed by atoms with Crippen molar-refractivity contribution in [2.45, 2.75) is 12.6 Å². The standard InChI is InChI=1S/C15H16F3N5O/c1-23(2)12-7-13(22-19-9-12)20-10-3-5-11(6-4-10)21-14(24)8-15(16,17)18/h3-7,9H,8H2,1-2H3,(H,20,22)(H,21,24). The Morgan fingerprint density at radius 1 is 1.17 bits per heavy atom. The summed E-state index contributed by atoms with van der Waals surface area (Å²) in [5.74, 6) is -0.581. The summed E-state index contributed by atoms with van der Waals surface area (Å²) >= 11 is 0. The topological polar surface area (TPSA) is 70.2 Å². The van der Waals surface area contributed by atoms with E-state index < -0.39 is 18.5 Å². The molecule has 2 rings (SSSR count). The molecule has 0 fully saturated rings. The summed E-state index contributed by atoms with van der Waals surface area (Å²) in [5, 5.41) is 13.0. The molecule has 1 aromatic heterocycles. The maximum atomic E-state index is 12.1. The van der Waals surface area contributed by atoms with Crippen molar-refractivity contribution in [2.75, 3.05) is 29.6 Å².